The van der Waals surface area contributed by atoms with Gasteiger partial charge in [-0.2, -0.15) is 15.6 Å². The van der Waals surface area contributed by atoms with Crippen LogP contribution in [0.5, 0.6) is 0 Å². The molecule has 2 aromatic heterocycles. The highest BCUT2D eigenvalue weighted by atomic mass is 32.2. The lowest BCUT2D eigenvalue weighted by Crippen LogP contribution is -2.32. The van der Waals surface area contributed by atoms with E-state index in [1.807, 2.05) is 41.8 Å². The number of hydrogen-bond acceptors (Lipinski definition) is 8. The molecule has 150 valence electrons. The van der Waals surface area contributed by atoms with Crippen LogP contribution in [0.3, 0.4) is 0 Å². The number of rotatable bonds is 6. The smallest absolute Gasteiger partial charge is 0.267 e. The van der Waals surface area contributed by atoms with E-state index in [4.69, 9.17) is 11.7 Å². The molecule has 3 aromatic rings. The number of amidine groups is 1. The molecule has 0 radical (unpaired) electrons. The van der Waals surface area contributed by atoms with Gasteiger partial charge in [-0.1, -0.05) is 30.3 Å². The van der Waals surface area contributed by atoms with Crippen LogP contribution in [-0.4, -0.2) is 10.8 Å². The Kier molecular flexibility index (Phi) is 6.88. The van der Waals surface area contributed by atoms with Crippen LogP contribution in [0.2, 0.25) is 0 Å². The molecular formula is C20H17N7OS2. The summed E-state index contributed by atoms with van der Waals surface area (Å²) < 4.78 is 0. The topological polar surface area (TPSA) is 157 Å². The standard InChI is InChI=1S/C20H17N7OS2/c21-9-14-18(16-5-2-6-29-16)15(10-22)20(25-19(14)28)30-11-13-4-1-3-12(7-13)8-17(26-23)27-24/h1-7H,8,11,23-24H2,(H,25,28)(H,26,27). The molecule has 2 heterocycles. The zero-order chi connectivity index (χ0) is 21.5. The average molecular weight is 436 g/mol. The largest absolute Gasteiger partial charge is 0.322 e. The third-order valence-corrected chi connectivity index (χ3v) is 6.20. The van der Waals surface area contributed by atoms with Crippen LogP contribution in [0.25, 0.3) is 10.4 Å². The van der Waals surface area contributed by atoms with Crippen molar-refractivity contribution in [2.45, 2.75) is 17.2 Å². The third kappa shape index (κ3) is 4.53. The predicted octanol–water partition coefficient (Wildman–Crippen LogP) is 2.42. The van der Waals surface area contributed by atoms with Crippen LogP contribution in [-0.2, 0) is 12.2 Å². The molecule has 0 unspecified atom stereocenters. The van der Waals surface area contributed by atoms with Crippen LogP contribution in [0.4, 0.5) is 0 Å². The predicted molar refractivity (Wildman–Crippen MR) is 118 cm³/mol. The van der Waals surface area contributed by atoms with Crippen LogP contribution in [0.1, 0.15) is 22.3 Å². The number of thioether (sulfide) groups is 1. The van der Waals surface area contributed by atoms with Crippen LogP contribution >= 0.6 is 23.1 Å². The fraction of sp³-hybridized carbons (Fsp3) is 0.100. The average Bonchev–Trinajstić information content (AvgIpc) is 3.30. The van der Waals surface area contributed by atoms with Crippen molar-refractivity contribution in [3.8, 4) is 22.6 Å². The van der Waals surface area contributed by atoms with E-state index in [-0.39, 0.29) is 5.56 Å². The summed E-state index contributed by atoms with van der Waals surface area (Å²) in [5.41, 5.74) is 4.51. The van der Waals surface area contributed by atoms with Gasteiger partial charge in [-0.15, -0.1) is 23.1 Å². The van der Waals surface area contributed by atoms with Crippen molar-refractivity contribution in [3.63, 3.8) is 0 Å². The van der Waals surface area contributed by atoms with Crippen LogP contribution in [0, 0.1) is 22.7 Å². The summed E-state index contributed by atoms with van der Waals surface area (Å²) in [5, 5.41) is 25.1. The first kappa shape index (κ1) is 21.1. The molecule has 1 aromatic carbocycles. The second-order valence-electron chi connectivity index (χ2n) is 6.11. The van der Waals surface area contributed by atoms with Gasteiger partial charge in [-0.05, 0) is 22.6 Å². The number of benzene rings is 1. The van der Waals surface area contributed by atoms with Crippen molar-refractivity contribution in [1.29, 1.82) is 10.5 Å². The first-order valence-corrected chi connectivity index (χ1v) is 10.6. The molecule has 10 heteroatoms. The molecule has 30 heavy (non-hydrogen) atoms. The van der Waals surface area contributed by atoms with Crippen molar-refractivity contribution in [3.05, 3.63) is 74.4 Å². The van der Waals surface area contributed by atoms with E-state index in [2.05, 4.69) is 21.6 Å². The molecular weight excluding hydrogens is 418 g/mol. The summed E-state index contributed by atoms with van der Waals surface area (Å²) >= 11 is 2.71. The highest BCUT2D eigenvalue weighted by Crippen LogP contribution is 2.34. The Morgan fingerprint density at radius 1 is 1.20 bits per heavy atom. The van der Waals surface area contributed by atoms with Crippen molar-refractivity contribution in [2.75, 3.05) is 0 Å². The molecule has 0 amide bonds. The van der Waals surface area contributed by atoms with Crippen molar-refractivity contribution >= 4 is 28.9 Å². The second kappa shape index (κ2) is 9.76. The first-order valence-electron chi connectivity index (χ1n) is 8.69. The van der Waals surface area contributed by atoms with E-state index in [1.165, 1.54) is 23.1 Å². The van der Waals surface area contributed by atoms with E-state index in [0.29, 0.717) is 39.0 Å². The van der Waals surface area contributed by atoms with E-state index in [1.54, 1.807) is 6.07 Å². The van der Waals surface area contributed by atoms with Crippen LogP contribution < -0.4 is 22.7 Å². The minimum absolute atomic E-state index is 0.0526. The van der Waals surface area contributed by atoms with Gasteiger partial charge in [-0.3, -0.25) is 4.79 Å². The molecule has 0 aliphatic carbocycles. The summed E-state index contributed by atoms with van der Waals surface area (Å²) in [6.07, 6.45) is 0.450. The fourth-order valence-electron chi connectivity index (χ4n) is 2.88. The quantitative estimate of drug-likeness (QED) is 0.152. The van der Waals surface area contributed by atoms with Gasteiger partial charge in [0.05, 0.1) is 10.6 Å². The molecule has 3 rings (SSSR count). The maximum absolute atomic E-state index is 12.5. The Balaban J connectivity index is 1.93. The number of thiophene rings is 1. The number of hydrazine groups is 1. The third-order valence-electron chi connectivity index (χ3n) is 4.24. The monoisotopic (exact) mass is 435 g/mol. The molecule has 0 aliphatic heterocycles. The maximum atomic E-state index is 12.5. The van der Waals surface area contributed by atoms with Gasteiger partial charge < -0.3 is 16.3 Å². The Morgan fingerprint density at radius 3 is 2.60 bits per heavy atom. The number of nitrogens with two attached hydrogens (primary N) is 2. The van der Waals surface area contributed by atoms with Crippen molar-refractivity contribution in [1.82, 2.24) is 10.4 Å². The number of aromatic nitrogens is 1. The number of nitriles is 2. The molecule has 0 aliphatic rings. The van der Waals surface area contributed by atoms with Gasteiger partial charge in [0.15, 0.2) is 0 Å². The number of nitrogens with zero attached hydrogens (tertiary/aromatic N) is 3. The number of pyridine rings is 1. The molecule has 8 nitrogen and oxygen atoms in total. The molecule has 0 atom stereocenters. The normalized spacial score (nSPS) is 11.0. The molecule has 6 N–H and O–H groups in total. The number of aromatic amines is 1. The molecule has 0 saturated carbocycles. The lowest BCUT2D eigenvalue weighted by atomic mass is 10.0. The van der Waals surface area contributed by atoms with E-state index in [9.17, 15) is 15.3 Å². The Morgan fingerprint density at radius 2 is 1.97 bits per heavy atom. The number of H-pyrrole nitrogens is 1. The SMILES string of the molecule is N#Cc1c(SCc2cccc(C/C(=N/N)NN)c2)[nH]c(=O)c(C#N)c1-c1cccs1. The van der Waals surface area contributed by atoms with E-state index in [0.717, 1.165) is 11.1 Å². The summed E-state index contributed by atoms with van der Waals surface area (Å²) in [4.78, 5) is 15.9. The Hall–Kier alpha value is -3.57. The maximum Gasteiger partial charge on any atom is 0.267 e. The Labute approximate surface area is 180 Å². The Bertz CT molecular complexity index is 1220. The van der Waals surface area contributed by atoms with Gasteiger partial charge in [0, 0.05) is 22.6 Å². The van der Waals surface area contributed by atoms with E-state index >= 15 is 0 Å². The summed E-state index contributed by atoms with van der Waals surface area (Å²) in [7, 11) is 0. The molecule has 0 fully saturated rings. The van der Waals surface area contributed by atoms with Crippen molar-refractivity contribution in [2.24, 2.45) is 16.8 Å². The fourth-order valence-corrected chi connectivity index (χ4v) is 4.61. The minimum atomic E-state index is -0.506. The van der Waals surface area contributed by atoms with Gasteiger partial charge >= 0.3 is 0 Å². The summed E-state index contributed by atoms with van der Waals surface area (Å²) in [6.45, 7) is 0. The zero-order valence-electron chi connectivity index (χ0n) is 15.7. The molecule has 0 bridgehead atoms. The first-order chi connectivity index (χ1) is 14.6. The number of hydrogen-bond donors (Lipinski definition) is 4. The molecule has 0 saturated heterocycles. The van der Waals surface area contributed by atoms with Gasteiger partial charge in [0.25, 0.3) is 5.56 Å². The van der Waals surface area contributed by atoms with Crippen molar-refractivity contribution < 1.29 is 0 Å². The van der Waals surface area contributed by atoms with Crippen LogP contribution in [0.15, 0.2) is 56.7 Å². The lowest BCUT2D eigenvalue weighted by molar-refractivity contribution is 0.967. The number of hydrazone groups is 1. The minimum Gasteiger partial charge on any atom is -0.322 e. The van der Waals surface area contributed by atoms with Gasteiger partial charge in [-0.25, -0.2) is 5.84 Å². The summed E-state index contributed by atoms with van der Waals surface area (Å²) in [6, 6.07) is 15.4. The second-order valence-corrected chi connectivity index (χ2v) is 8.05. The van der Waals surface area contributed by atoms with Gasteiger partial charge in [0.1, 0.15) is 23.5 Å². The lowest BCUT2D eigenvalue weighted by Gasteiger charge is -2.10. The number of nitrogens with one attached hydrogen (secondary N) is 2. The zero-order valence-corrected chi connectivity index (χ0v) is 17.3. The molecule has 0 spiro atoms. The van der Waals surface area contributed by atoms with Gasteiger partial charge in [0.2, 0.25) is 0 Å². The highest BCUT2D eigenvalue weighted by molar-refractivity contribution is 7.98. The highest BCUT2D eigenvalue weighted by Gasteiger charge is 2.20. The van der Waals surface area contributed by atoms with E-state index < -0.39 is 5.56 Å². The summed E-state index contributed by atoms with van der Waals surface area (Å²) in [5.74, 6) is 11.6.